The van der Waals surface area contributed by atoms with Gasteiger partial charge in [-0.05, 0) is 24.3 Å². The lowest BCUT2D eigenvalue weighted by molar-refractivity contribution is -0.117. The van der Waals surface area contributed by atoms with Crippen LogP contribution in [-0.4, -0.2) is 17.7 Å². The van der Waals surface area contributed by atoms with Crippen molar-refractivity contribution in [2.24, 2.45) is 0 Å². The van der Waals surface area contributed by atoms with Crippen LogP contribution in [0.5, 0.6) is 11.5 Å². The monoisotopic (exact) mass is 285 g/mol. The summed E-state index contributed by atoms with van der Waals surface area (Å²) in [5.41, 5.74) is 0.861. The van der Waals surface area contributed by atoms with Gasteiger partial charge < -0.3 is 9.64 Å². The Hall–Kier alpha value is -1.94. The highest BCUT2D eigenvalue weighted by Crippen LogP contribution is 2.29. The standard InChI is InChI=1S/C16H15NO2S/c18-16-10-15(20)11-17(16)12-5-4-8-14(9-12)19-13-6-2-1-3-7-13/h1-9,15,20H,10-11H2. The molecule has 0 spiro atoms. The fourth-order valence-corrected chi connectivity index (χ4v) is 2.60. The van der Waals surface area contributed by atoms with Crippen LogP contribution in [0, 0.1) is 0 Å². The molecule has 1 fully saturated rings. The molecule has 3 nitrogen and oxygen atoms in total. The smallest absolute Gasteiger partial charge is 0.228 e. The van der Waals surface area contributed by atoms with Crippen LogP contribution in [-0.2, 0) is 4.79 Å². The maximum Gasteiger partial charge on any atom is 0.228 e. The first-order valence-electron chi connectivity index (χ1n) is 6.54. The van der Waals surface area contributed by atoms with E-state index in [2.05, 4.69) is 12.6 Å². The van der Waals surface area contributed by atoms with Gasteiger partial charge in [0.05, 0.1) is 0 Å². The van der Waals surface area contributed by atoms with Crippen molar-refractivity contribution >= 4 is 24.2 Å². The predicted molar refractivity (Wildman–Crippen MR) is 82.7 cm³/mol. The molecule has 1 aliphatic rings. The van der Waals surface area contributed by atoms with Crippen LogP contribution in [0.1, 0.15) is 6.42 Å². The van der Waals surface area contributed by atoms with E-state index in [9.17, 15) is 4.79 Å². The molecule has 2 aromatic rings. The minimum atomic E-state index is 0.112. The summed E-state index contributed by atoms with van der Waals surface area (Å²) in [6.07, 6.45) is 0.493. The van der Waals surface area contributed by atoms with E-state index in [0.29, 0.717) is 13.0 Å². The Bertz CT molecular complexity index is 615. The molecule has 1 unspecified atom stereocenters. The summed E-state index contributed by atoms with van der Waals surface area (Å²) in [6.45, 7) is 0.650. The molecule has 0 aromatic heterocycles. The molecule has 1 saturated heterocycles. The minimum Gasteiger partial charge on any atom is -0.457 e. The van der Waals surface area contributed by atoms with E-state index in [0.717, 1.165) is 17.2 Å². The lowest BCUT2D eigenvalue weighted by Crippen LogP contribution is -2.24. The summed E-state index contributed by atoms with van der Waals surface area (Å²) in [7, 11) is 0. The van der Waals surface area contributed by atoms with Gasteiger partial charge >= 0.3 is 0 Å². The summed E-state index contributed by atoms with van der Waals surface area (Å²) in [5.74, 6) is 1.62. The first kappa shape index (κ1) is 13.1. The first-order valence-corrected chi connectivity index (χ1v) is 7.05. The molecule has 0 saturated carbocycles. The molecule has 4 heteroatoms. The van der Waals surface area contributed by atoms with Gasteiger partial charge in [0.1, 0.15) is 11.5 Å². The molecule has 0 radical (unpaired) electrons. The van der Waals surface area contributed by atoms with Gasteiger partial charge in [0, 0.05) is 30.0 Å². The second kappa shape index (κ2) is 5.59. The fourth-order valence-electron chi connectivity index (χ4n) is 2.28. The second-order valence-electron chi connectivity index (χ2n) is 4.77. The Balaban J connectivity index is 1.81. The van der Waals surface area contributed by atoms with Crippen molar-refractivity contribution in [3.05, 3.63) is 54.6 Å². The van der Waals surface area contributed by atoms with Crippen molar-refractivity contribution in [1.29, 1.82) is 0 Å². The van der Waals surface area contributed by atoms with Gasteiger partial charge in [-0.25, -0.2) is 0 Å². The topological polar surface area (TPSA) is 29.5 Å². The quantitative estimate of drug-likeness (QED) is 0.874. The van der Waals surface area contributed by atoms with Crippen molar-refractivity contribution < 1.29 is 9.53 Å². The summed E-state index contributed by atoms with van der Waals surface area (Å²) in [6, 6.07) is 17.2. The molecule has 1 heterocycles. The van der Waals surface area contributed by atoms with Crippen molar-refractivity contribution in [2.45, 2.75) is 11.7 Å². The lowest BCUT2D eigenvalue weighted by atomic mass is 10.2. The van der Waals surface area contributed by atoms with Gasteiger partial charge in [-0.2, -0.15) is 12.6 Å². The van der Waals surface area contributed by atoms with Crippen molar-refractivity contribution in [3.8, 4) is 11.5 Å². The van der Waals surface area contributed by atoms with Crippen LogP contribution >= 0.6 is 12.6 Å². The maximum atomic E-state index is 11.9. The average Bonchev–Trinajstić information content (AvgIpc) is 2.79. The number of carbonyl (C=O) groups is 1. The van der Waals surface area contributed by atoms with Gasteiger partial charge in [-0.3, -0.25) is 4.79 Å². The van der Waals surface area contributed by atoms with Gasteiger partial charge in [0.2, 0.25) is 5.91 Å². The molecular formula is C16H15NO2S. The number of thiol groups is 1. The third-order valence-corrected chi connectivity index (χ3v) is 3.56. The minimum absolute atomic E-state index is 0.112. The van der Waals surface area contributed by atoms with E-state index >= 15 is 0 Å². The summed E-state index contributed by atoms with van der Waals surface area (Å²) < 4.78 is 5.78. The van der Waals surface area contributed by atoms with Crippen LogP contribution in [0.3, 0.4) is 0 Å². The van der Waals surface area contributed by atoms with E-state index in [-0.39, 0.29) is 11.2 Å². The molecule has 0 N–H and O–H groups in total. The molecule has 20 heavy (non-hydrogen) atoms. The molecular weight excluding hydrogens is 270 g/mol. The van der Waals surface area contributed by atoms with Gasteiger partial charge in [0.25, 0.3) is 0 Å². The average molecular weight is 285 g/mol. The highest BCUT2D eigenvalue weighted by molar-refractivity contribution is 7.81. The zero-order valence-corrected chi connectivity index (χ0v) is 11.8. The summed E-state index contributed by atoms with van der Waals surface area (Å²) in [5, 5.41) is 0.112. The Morgan fingerprint density at radius 3 is 2.50 bits per heavy atom. The Morgan fingerprint density at radius 2 is 1.80 bits per heavy atom. The van der Waals surface area contributed by atoms with Crippen LogP contribution in [0.2, 0.25) is 0 Å². The summed E-state index contributed by atoms with van der Waals surface area (Å²) in [4.78, 5) is 13.7. The van der Waals surface area contributed by atoms with E-state index in [1.165, 1.54) is 0 Å². The van der Waals surface area contributed by atoms with Gasteiger partial charge in [0.15, 0.2) is 0 Å². The SMILES string of the molecule is O=C1CC(S)CN1c1cccc(Oc2ccccc2)c1. The van der Waals surface area contributed by atoms with E-state index in [4.69, 9.17) is 4.74 Å². The van der Waals surface area contributed by atoms with Crippen molar-refractivity contribution in [1.82, 2.24) is 0 Å². The predicted octanol–water partition coefficient (Wildman–Crippen LogP) is 3.51. The maximum absolute atomic E-state index is 11.9. The van der Waals surface area contributed by atoms with Crippen molar-refractivity contribution in [2.75, 3.05) is 11.4 Å². The number of hydrogen-bond donors (Lipinski definition) is 1. The Labute approximate surface area is 123 Å². The number of nitrogens with zero attached hydrogens (tertiary/aromatic N) is 1. The number of amides is 1. The molecule has 1 amide bonds. The molecule has 3 rings (SSSR count). The highest BCUT2D eigenvalue weighted by atomic mass is 32.1. The number of benzene rings is 2. The first-order chi connectivity index (χ1) is 9.72. The summed E-state index contributed by atoms with van der Waals surface area (Å²) >= 11 is 4.37. The number of rotatable bonds is 3. The van der Waals surface area contributed by atoms with Crippen molar-refractivity contribution in [3.63, 3.8) is 0 Å². The largest absolute Gasteiger partial charge is 0.457 e. The van der Waals surface area contributed by atoms with Gasteiger partial charge in [-0.15, -0.1) is 0 Å². The number of para-hydroxylation sites is 1. The molecule has 1 aliphatic heterocycles. The third kappa shape index (κ3) is 2.80. The zero-order chi connectivity index (χ0) is 13.9. The van der Waals surface area contributed by atoms with E-state index in [1.54, 1.807) is 4.90 Å². The fraction of sp³-hybridized carbons (Fsp3) is 0.188. The second-order valence-corrected chi connectivity index (χ2v) is 5.51. The number of ether oxygens (including phenoxy) is 1. The normalized spacial score (nSPS) is 18.4. The van der Waals surface area contributed by atoms with E-state index in [1.807, 2.05) is 54.6 Å². The van der Waals surface area contributed by atoms with Crippen LogP contribution in [0.15, 0.2) is 54.6 Å². The number of hydrogen-bond acceptors (Lipinski definition) is 3. The van der Waals surface area contributed by atoms with E-state index < -0.39 is 0 Å². The number of anilines is 1. The van der Waals surface area contributed by atoms with Crippen LogP contribution < -0.4 is 9.64 Å². The van der Waals surface area contributed by atoms with Gasteiger partial charge in [-0.1, -0.05) is 24.3 Å². The molecule has 2 aromatic carbocycles. The zero-order valence-electron chi connectivity index (χ0n) is 10.9. The molecule has 102 valence electrons. The highest BCUT2D eigenvalue weighted by Gasteiger charge is 2.28. The van der Waals surface area contributed by atoms with Crippen LogP contribution in [0.25, 0.3) is 0 Å². The number of carbonyl (C=O) groups excluding carboxylic acids is 1. The van der Waals surface area contributed by atoms with Crippen LogP contribution in [0.4, 0.5) is 5.69 Å². The lowest BCUT2D eigenvalue weighted by Gasteiger charge is -2.17. The Kier molecular flexibility index (Phi) is 3.65. The Morgan fingerprint density at radius 1 is 1.05 bits per heavy atom. The molecule has 0 aliphatic carbocycles. The molecule has 0 bridgehead atoms. The third-order valence-electron chi connectivity index (χ3n) is 3.21. The molecule has 1 atom stereocenters.